The molecule has 0 heterocycles. The van der Waals surface area contributed by atoms with Gasteiger partial charge in [0, 0.05) is 6.08 Å². The van der Waals surface area contributed by atoms with Crippen LogP contribution in [0, 0.1) is 0 Å². The number of hydrogen-bond donors (Lipinski definition) is 1. The van der Waals surface area contributed by atoms with Gasteiger partial charge in [-0.3, -0.25) is 0 Å². The van der Waals surface area contributed by atoms with Gasteiger partial charge in [-0.1, -0.05) is 68.7 Å². The number of carboxylic acid groups (broad SMARTS) is 1. The Bertz CT molecular complexity index is 430. The van der Waals surface area contributed by atoms with Gasteiger partial charge in [0.15, 0.2) is 0 Å². The summed E-state index contributed by atoms with van der Waals surface area (Å²) in [6.45, 7) is 2.19. The Morgan fingerprint density at radius 1 is 1.11 bits per heavy atom. The molecule has 0 spiro atoms. The maximum absolute atomic E-state index is 10.6. The highest BCUT2D eigenvalue weighted by molar-refractivity contribution is 5.80. The van der Waals surface area contributed by atoms with Gasteiger partial charge >= 0.3 is 5.97 Å². The molecule has 0 amide bonds. The van der Waals surface area contributed by atoms with Gasteiger partial charge in [-0.15, -0.1) is 0 Å². The highest BCUT2D eigenvalue weighted by atomic mass is 16.4. The van der Waals surface area contributed by atoms with E-state index in [1.165, 1.54) is 25.3 Å². The Morgan fingerprint density at radius 3 is 2.47 bits per heavy atom. The molecular weight excluding hydrogens is 236 g/mol. The van der Waals surface area contributed by atoms with E-state index in [4.69, 9.17) is 5.11 Å². The van der Waals surface area contributed by atoms with Gasteiger partial charge in [0.1, 0.15) is 0 Å². The van der Waals surface area contributed by atoms with Crippen molar-refractivity contribution in [2.45, 2.75) is 39.0 Å². The second kappa shape index (κ2) is 9.15. The van der Waals surface area contributed by atoms with Crippen molar-refractivity contribution in [2.75, 3.05) is 0 Å². The minimum absolute atomic E-state index is 0.896. The Kier molecular flexibility index (Phi) is 7.33. The zero-order chi connectivity index (χ0) is 13.9. The molecule has 0 fully saturated rings. The summed E-state index contributed by atoms with van der Waals surface area (Å²) < 4.78 is 0. The lowest BCUT2D eigenvalue weighted by Crippen LogP contribution is -1.88. The predicted molar refractivity (Wildman–Crippen MR) is 80.0 cm³/mol. The van der Waals surface area contributed by atoms with Crippen molar-refractivity contribution in [1.29, 1.82) is 0 Å². The van der Waals surface area contributed by atoms with Crippen LogP contribution in [0.2, 0.25) is 0 Å². The Balaban J connectivity index is 2.68. The minimum atomic E-state index is -0.896. The fourth-order valence-electron chi connectivity index (χ4n) is 1.90. The molecule has 0 aromatic heterocycles. The lowest BCUT2D eigenvalue weighted by atomic mass is 10.0. The number of rotatable bonds is 8. The van der Waals surface area contributed by atoms with Crippen molar-refractivity contribution in [3.05, 3.63) is 53.6 Å². The number of carbonyl (C=O) groups is 1. The fourth-order valence-corrected chi connectivity index (χ4v) is 1.90. The van der Waals surface area contributed by atoms with Crippen LogP contribution >= 0.6 is 0 Å². The van der Waals surface area contributed by atoms with Crippen molar-refractivity contribution in [3.8, 4) is 0 Å². The van der Waals surface area contributed by atoms with E-state index < -0.39 is 5.97 Å². The van der Waals surface area contributed by atoms with E-state index in [1.54, 1.807) is 6.08 Å². The molecule has 19 heavy (non-hydrogen) atoms. The van der Waals surface area contributed by atoms with Gasteiger partial charge in [-0.25, -0.2) is 4.79 Å². The van der Waals surface area contributed by atoms with Crippen molar-refractivity contribution < 1.29 is 9.90 Å². The average Bonchev–Trinajstić information content (AvgIpc) is 2.41. The topological polar surface area (TPSA) is 37.3 Å². The first-order valence-corrected chi connectivity index (χ1v) is 6.89. The van der Waals surface area contributed by atoms with E-state index >= 15 is 0 Å². The first-order valence-electron chi connectivity index (χ1n) is 6.89. The molecule has 0 unspecified atom stereocenters. The number of benzene rings is 1. The molecule has 2 nitrogen and oxygen atoms in total. The van der Waals surface area contributed by atoms with Gasteiger partial charge in [0.05, 0.1) is 0 Å². The van der Waals surface area contributed by atoms with Crippen LogP contribution in [0.25, 0.3) is 6.08 Å². The van der Waals surface area contributed by atoms with Crippen LogP contribution in [0.1, 0.15) is 44.6 Å². The van der Waals surface area contributed by atoms with Crippen LogP contribution in [-0.4, -0.2) is 11.1 Å². The smallest absolute Gasteiger partial charge is 0.328 e. The summed E-state index contributed by atoms with van der Waals surface area (Å²) in [5.74, 6) is -0.896. The molecule has 1 aromatic carbocycles. The third-order valence-electron chi connectivity index (χ3n) is 2.91. The van der Waals surface area contributed by atoms with Crippen LogP contribution in [0.15, 0.2) is 48.1 Å². The molecule has 0 atom stereocenters. The second-order valence-corrected chi connectivity index (χ2v) is 4.61. The molecule has 1 rings (SSSR count). The van der Waals surface area contributed by atoms with Crippen LogP contribution in [-0.2, 0) is 4.79 Å². The maximum atomic E-state index is 10.6. The van der Waals surface area contributed by atoms with E-state index in [0.717, 1.165) is 24.0 Å². The van der Waals surface area contributed by atoms with Gasteiger partial charge in [0.2, 0.25) is 0 Å². The summed E-state index contributed by atoms with van der Waals surface area (Å²) >= 11 is 0. The standard InChI is InChI=1S/C17H22O2/c1-2-3-4-6-11-16(12-13-17(18)19)14-15-9-7-5-8-10-15/h5,7-10,12-14H,2-4,6,11H2,1H3,(H,18,19)/b13-12+,16-14+. The average molecular weight is 258 g/mol. The molecule has 0 aliphatic heterocycles. The summed E-state index contributed by atoms with van der Waals surface area (Å²) in [4.78, 5) is 10.6. The highest BCUT2D eigenvalue weighted by Crippen LogP contribution is 2.15. The van der Waals surface area contributed by atoms with E-state index in [0.29, 0.717) is 0 Å². The van der Waals surface area contributed by atoms with E-state index in [-0.39, 0.29) is 0 Å². The quantitative estimate of drug-likeness (QED) is 0.417. The summed E-state index contributed by atoms with van der Waals surface area (Å²) in [5.41, 5.74) is 2.19. The van der Waals surface area contributed by atoms with Crippen molar-refractivity contribution in [3.63, 3.8) is 0 Å². The predicted octanol–water partition coefficient (Wildman–Crippen LogP) is 4.68. The van der Waals surface area contributed by atoms with E-state index in [9.17, 15) is 4.79 Å². The maximum Gasteiger partial charge on any atom is 0.328 e. The number of hydrogen-bond acceptors (Lipinski definition) is 1. The third-order valence-corrected chi connectivity index (χ3v) is 2.91. The number of allylic oxidation sites excluding steroid dienone is 2. The van der Waals surface area contributed by atoms with E-state index in [1.807, 2.05) is 30.3 Å². The molecule has 0 aliphatic carbocycles. The summed E-state index contributed by atoms with van der Waals surface area (Å²) in [7, 11) is 0. The van der Waals surface area contributed by atoms with Gasteiger partial charge < -0.3 is 5.11 Å². The van der Waals surface area contributed by atoms with Crippen LogP contribution in [0.3, 0.4) is 0 Å². The molecule has 0 saturated heterocycles. The fraction of sp³-hybridized carbons (Fsp3) is 0.353. The van der Waals surface area contributed by atoms with Crippen LogP contribution in [0.5, 0.6) is 0 Å². The Labute approximate surface area is 115 Å². The first kappa shape index (κ1) is 15.2. The van der Waals surface area contributed by atoms with Crippen molar-refractivity contribution in [1.82, 2.24) is 0 Å². The summed E-state index contributed by atoms with van der Waals surface area (Å²) in [6, 6.07) is 10.0. The molecule has 0 radical (unpaired) electrons. The molecule has 1 aromatic rings. The molecule has 0 saturated carbocycles. The molecule has 2 heteroatoms. The second-order valence-electron chi connectivity index (χ2n) is 4.61. The normalized spacial score (nSPS) is 11.9. The molecule has 0 aliphatic rings. The lowest BCUT2D eigenvalue weighted by Gasteiger charge is -2.03. The van der Waals surface area contributed by atoms with Gasteiger partial charge in [-0.2, -0.15) is 0 Å². The molecule has 102 valence electrons. The van der Waals surface area contributed by atoms with Gasteiger partial charge in [-0.05, 0) is 24.0 Å². The Morgan fingerprint density at radius 2 is 1.84 bits per heavy atom. The van der Waals surface area contributed by atoms with Crippen molar-refractivity contribution >= 4 is 12.0 Å². The first-order chi connectivity index (χ1) is 9.22. The summed E-state index contributed by atoms with van der Waals surface area (Å²) in [6.07, 6.45) is 10.7. The summed E-state index contributed by atoms with van der Waals surface area (Å²) in [5, 5.41) is 8.72. The molecule has 1 N–H and O–H groups in total. The SMILES string of the molecule is CCCCCCC(/C=C/C(=O)O)=C\c1ccccc1. The zero-order valence-corrected chi connectivity index (χ0v) is 11.5. The monoisotopic (exact) mass is 258 g/mol. The zero-order valence-electron chi connectivity index (χ0n) is 11.5. The molecule has 0 bridgehead atoms. The van der Waals surface area contributed by atoms with Crippen molar-refractivity contribution in [2.24, 2.45) is 0 Å². The van der Waals surface area contributed by atoms with Crippen LogP contribution in [0.4, 0.5) is 0 Å². The largest absolute Gasteiger partial charge is 0.478 e. The number of aliphatic carboxylic acids is 1. The highest BCUT2D eigenvalue weighted by Gasteiger charge is 1.97. The molecular formula is C17H22O2. The third kappa shape index (κ3) is 7.24. The van der Waals surface area contributed by atoms with E-state index in [2.05, 4.69) is 13.0 Å². The number of unbranched alkanes of at least 4 members (excludes halogenated alkanes) is 3. The number of carboxylic acids is 1. The minimum Gasteiger partial charge on any atom is -0.478 e. The van der Waals surface area contributed by atoms with Crippen LogP contribution < -0.4 is 0 Å². The van der Waals surface area contributed by atoms with Gasteiger partial charge in [0.25, 0.3) is 0 Å². The lowest BCUT2D eigenvalue weighted by molar-refractivity contribution is -0.131. The Hall–Kier alpha value is -1.83.